The summed E-state index contributed by atoms with van der Waals surface area (Å²) in [6, 6.07) is 0.995. The molecule has 2 heterocycles. The molecule has 106 valence electrons. The van der Waals surface area contributed by atoms with Gasteiger partial charge in [0.05, 0.1) is 17.6 Å². The highest BCUT2D eigenvalue weighted by atomic mass is 19.4. The number of anilines is 2. The minimum atomic E-state index is -4.47. The normalized spacial score (nSPS) is 17.8. The summed E-state index contributed by atoms with van der Waals surface area (Å²) < 4.78 is 37.9. The second kappa shape index (κ2) is 5.24. The molecule has 0 aliphatic carbocycles. The zero-order valence-corrected chi connectivity index (χ0v) is 10.3. The Morgan fingerprint density at radius 2 is 2.00 bits per heavy atom. The number of nitrogens with two attached hydrogens (primary N) is 1. The van der Waals surface area contributed by atoms with Gasteiger partial charge in [-0.2, -0.15) is 13.2 Å². The van der Waals surface area contributed by atoms with E-state index in [0.717, 1.165) is 25.1 Å². The number of rotatable bonds is 2. The number of aliphatic hydroxyl groups excluding tert-OH is 1. The maximum Gasteiger partial charge on any atom is 0.433 e. The third kappa shape index (κ3) is 3.09. The quantitative estimate of drug-likeness (QED) is 0.865. The first-order valence-electron chi connectivity index (χ1n) is 6.10. The molecule has 1 aliphatic rings. The lowest BCUT2D eigenvalue weighted by Gasteiger charge is -2.33. The Balaban J connectivity index is 2.20. The van der Waals surface area contributed by atoms with Gasteiger partial charge in [0.15, 0.2) is 0 Å². The van der Waals surface area contributed by atoms with Crippen molar-refractivity contribution in [1.29, 1.82) is 0 Å². The van der Waals surface area contributed by atoms with Gasteiger partial charge in [0.25, 0.3) is 0 Å². The average molecular weight is 275 g/mol. The number of hydrogen-bond donors (Lipinski definition) is 2. The Labute approximate surface area is 109 Å². The summed E-state index contributed by atoms with van der Waals surface area (Å²) >= 11 is 0. The van der Waals surface area contributed by atoms with Crippen LogP contribution in [-0.4, -0.2) is 29.8 Å². The molecule has 0 aromatic carbocycles. The number of alkyl halides is 3. The lowest BCUT2D eigenvalue weighted by Crippen LogP contribution is -2.35. The van der Waals surface area contributed by atoms with Crippen LogP contribution in [0.25, 0.3) is 0 Å². The second-order valence-corrected chi connectivity index (χ2v) is 4.74. The molecular weight excluding hydrogens is 259 g/mol. The van der Waals surface area contributed by atoms with E-state index in [1.54, 1.807) is 0 Å². The van der Waals surface area contributed by atoms with Crippen molar-refractivity contribution in [2.45, 2.75) is 19.0 Å². The van der Waals surface area contributed by atoms with Gasteiger partial charge < -0.3 is 15.7 Å². The van der Waals surface area contributed by atoms with Gasteiger partial charge in [-0.25, -0.2) is 4.98 Å². The molecule has 0 radical (unpaired) electrons. The number of nitrogens with zero attached hydrogens (tertiary/aromatic N) is 2. The molecule has 0 bridgehead atoms. The first-order chi connectivity index (χ1) is 8.91. The fourth-order valence-corrected chi connectivity index (χ4v) is 2.24. The van der Waals surface area contributed by atoms with Crippen LogP contribution in [0.4, 0.5) is 24.5 Å². The van der Waals surface area contributed by atoms with Crippen LogP contribution in [0.15, 0.2) is 12.3 Å². The highest BCUT2D eigenvalue weighted by Gasteiger charge is 2.33. The van der Waals surface area contributed by atoms with E-state index in [1.807, 2.05) is 4.90 Å². The average Bonchev–Trinajstić information content (AvgIpc) is 2.38. The Morgan fingerprint density at radius 3 is 2.53 bits per heavy atom. The third-order valence-electron chi connectivity index (χ3n) is 3.42. The van der Waals surface area contributed by atoms with Crippen LogP contribution in [0.3, 0.4) is 0 Å². The number of halogens is 3. The molecule has 7 heteroatoms. The summed E-state index contributed by atoms with van der Waals surface area (Å²) in [5, 5.41) is 9.05. The van der Waals surface area contributed by atoms with Crippen LogP contribution < -0.4 is 10.6 Å². The zero-order chi connectivity index (χ0) is 14.0. The Morgan fingerprint density at radius 1 is 1.37 bits per heavy atom. The molecule has 0 saturated carbocycles. The maximum atomic E-state index is 12.6. The maximum absolute atomic E-state index is 12.6. The minimum Gasteiger partial charge on any atom is -0.396 e. The molecule has 0 atom stereocenters. The molecule has 1 saturated heterocycles. The number of piperidine rings is 1. The summed E-state index contributed by atoms with van der Waals surface area (Å²) in [6.45, 7) is 1.31. The Hall–Kier alpha value is -1.50. The molecule has 0 unspecified atom stereocenters. The number of pyridine rings is 1. The van der Waals surface area contributed by atoms with Gasteiger partial charge in [-0.3, -0.25) is 0 Å². The van der Waals surface area contributed by atoms with Crippen molar-refractivity contribution < 1.29 is 18.3 Å². The van der Waals surface area contributed by atoms with Crippen molar-refractivity contribution in [3.63, 3.8) is 0 Å². The molecular formula is C12H16F3N3O. The molecule has 1 aromatic heterocycles. The number of aromatic nitrogens is 1. The highest BCUT2D eigenvalue weighted by molar-refractivity contribution is 5.67. The Kier molecular flexibility index (Phi) is 3.84. The van der Waals surface area contributed by atoms with Crippen LogP contribution in [0.1, 0.15) is 18.5 Å². The summed E-state index contributed by atoms with van der Waals surface area (Å²) in [7, 11) is 0. The van der Waals surface area contributed by atoms with E-state index in [2.05, 4.69) is 4.98 Å². The van der Waals surface area contributed by atoms with Gasteiger partial charge in [0, 0.05) is 19.7 Å². The van der Waals surface area contributed by atoms with Gasteiger partial charge in [-0.1, -0.05) is 0 Å². The van der Waals surface area contributed by atoms with Crippen LogP contribution in [0.5, 0.6) is 0 Å². The molecule has 4 nitrogen and oxygen atoms in total. The van der Waals surface area contributed by atoms with E-state index in [0.29, 0.717) is 18.8 Å². The first-order valence-corrected chi connectivity index (χ1v) is 6.10. The van der Waals surface area contributed by atoms with Crippen LogP contribution in [-0.2, 0) is 6.18 Å². The summed E-state index contributed by atoms with van der Waals surface area (Å²) in [5.41, 5.74) is 5.40. The van der Waals surface area contributed by atoms with E-state index < -0.39 is 11.9 Å². The lowest BCUT2D eigenvalue weighted by atomic mass is 9.97. The van der Waals surface area contributed by atoms with Gasteiger partial charge in [0.1, 0.15) is 5.69 Å². The number of hydrogen-bond acceptors (Lipinski definition) is 4. The van der Waals surface area contributed by atoms with Gasteiger partial charge in [-0.05, 0) is 24.8 Å². The van der Waals surface area contributed by atoms with Gasteiger partial charge in [0.2, 0.25) is 0 Å². The van der Waals surface area contributed by atoms with Crippen molar-refractivity contribution in [2.24, 2.45) is 5.92 Å². The molecule has 2 rings (SSSR count). The van der Waals surface area contributed by atoms with Crippen molar-refractivity contribution >= 4 is 11.4 Å². The van der Waals surface area contributed by atoms with Crippen molar-refractivity contribution in [2.75, 3.05) is 30.3 Å². The topological polar surface area (TPSA) is 62.4 Å². The molecule has 3 N–H and O–H groups in total. The summed E-state index contributed by atoms with van der Waals surface area (Å²) in [4.78, 5) is 5.14. The third-order valence-corrected chi connectivity index (χ3v) is 3.42. The molecule has 1 aromatic rings. The van der Waals surface area contributed by atoms with E-state index in [9.17, 15) is 13.2 Å². The lowest BCUT2D eigenvalue weighted by molar-refractivity contribution is -0.141. The SMILES string of the molecule is Nc1cnc(C(F)(F)F)cc1N1CCC(CO)CC1. The zero-order valence-electron chi connectivity index (χ0n) is 10.3. The summed E-state index contributed by atoms with van der Waals surface area (Å²) in [6.07, 6.45) is -1.92. The minimum absolute atomic E-state index is 0.119. The fourth-order valence-electron chi connectivity index (χ4n) is 2.24. The first kappa shape index (κ1) is 13.9. The van der Waals surface area contributed by atoms with Crippen molar-refractivity contribution in [3.8, 4) is 0 Å². The molecule has 0 amide bonds. The second-order valence-electron chi connectivity index (χ2n) is 4.74. The molecule has 19 heavy (non-hydrogen) atoms. The van der Waals surface area contributed by atoms with Crippen LogP contribution in [0, 0.1) is 5.92 Å². The summed E-state index contributed by atoms with van der Waals surface area (Å²) in [5.74, 6) is 0.224. The monoisotopic (exact) mass is 275 g/mol. The van der Waals surface area contributed by atoms with Crippen molar-refractivity contribution in [3.05, 3.63) is 18.0 Å². The Bertz CT molecular complexity index is 442. The molecule has 0 spiro atoms. The number of nitrogen functional groups attached to an aromatic ring is 1. The number of aliphatic hydroxyl groups is 1. The van der Waals surface area contributed by atoms with Gasteiger partial charge >= 0.3 is 6.18 Å². The van der Waals surface area contributed by atoms with Gasteiger partial charge in [-0.15, -0.1) is 0 Å². The molecule has 1 fully saturated rings. The van der Waals surface area contributed by atoms with Crippen LogP contribution in [0.2, 0.25) is 0 Å². The fraction of sp³-hybridized carbons (Fsp3) is 0.583. The largest absolute Gasteiger partial charge is 0.433 e. The highest BCUT2D eigenvalue weighted by Crippen LogP contribution is 2.34. The van der Waals surface area contributed by atoms with E-state index in [4.69, 9.17) is 10.8 Å². The van der Waals surface area contributed by atoms with E-state index in [-0.39, 0.29) is 18.2 Å². The van der Waals surface area contributed by atoms with E-state index >= 15 is 0 Å². The van der Waals surface area contributed by atoms with Crippen LogP contribution >= 0.6 is 0 Å². The molecule has 1 aliphatic heterocycles. The smallest absolute Gasteiger partial charge is 0.396 e. The van der Waals surface area contributed by atoms with Crippen molar-refractivity contribution in [1.82, 2.24) is 4.98 Å². The standard InChI is InChI=1S/C12H16F3N3O/c13-12(14,15)11-5-10(9(16)6-17-11)18-3-1-8(7-19)2-4-18/h5-6,8,19H,1-4,7,16H2. The predicted molar refractivity (Wildman–Crippen MR) is 65.7 cm³/mol. The predicted octanol–water partition coefficient (Wildman–Crippen LogP) is 1.89. The van der Waals surface area contributed by atoms with E-state index in [1.165, 1.54) is 0 Å².